The van der Waals surface area contributed by atoms with Crippen LogP contribution in [-0.4, -0.2) is 12.5 Å². The Labute approximate surface area is 120 Å². The summed E-state index contributed by atoms with van der Waals surface area (Å²) in [4.78, 5) is 14.3. The van der Waals surface area contributed by atoms with Crippen LogP contribution in [0.4, 0.5) is 11.4 Å². The van der Waals surface area contributed by atoms with Gasteiger partial charge in [-0.2, -0.15) is 0 Å². The molecule has 0 radical (unpaired) electrons. The fraction of sp³-hybridized carbons (Fsp3) is 0.133. The number of hydrogen-bond acceptors (Lipinski definition) is 2. The van der Waals surface area contributed by atoms with Gasteiger partial charge in [0.25, 0.3) is 5.91 Å². The molecule has 3 nitrogen and oxygen atoms in total. The Kier molecular flexibility index (Phi) is 3.03. The third-order valence-corrected chi connectivity index (χ3v) is 3.91. The molecular weight excluding hydrogens is 304 g/mol. The van der Waals surface area contributed by atoms with E-state index in [0.717, 1.165) is 22.1 Å². The number of benzene rings is 2. The van der Waals surface area contributed by atoms with Gasteiger partial charge < -0.3 is 10.6 Å². The molecule has 0 saturated heterocycles. The lowest BCUT2D eigenvalue weighted by Crippen LogP contribution is -2.38. The van der Waals surface area contributed by atoms with E-state index in [2.05, 4.69) is 15.9 Å². The Hall–Kier alpha value is -1.81. The Morgan fingerprint density at radius 1 is 1.11 bits per heavy atom. The van der Waals surface area contributed by atoms with Crippen molar-refractivity contribution >= 4 is 33.2 Å². The first-order chi connectivity index (χ1) is 9.16. The summed E-state index contributed by atoms with van der Waals surface area (Å²) in [6.45, 7) is 0.691. The van der Waals surface area contributed by atoms with Crippen LogP contribution in [0, 0.1) is 0 Å². The van der Waals surface area contributed by atoms with Crippen LogP contribution in [0.3, 0.4) is 0 Å². The van der Waals surface area contributed by atoms with Crippen LogP contribution in [0.2, 0.25) is 0 Å². The molecule has 0 aliphatic carbocycles. The number of carbonyl (C=O) groups is 1. The normalized spacial score (nSPS) is 14.4. The van der Waals surface area contributed by atoms with Crippen molar-refractivity contribution in [1.82, 2.24) is 0 Å². The number of carbonyl (C=O) groups excluding carboxylic acids is 1. The van der Waals surface area contributed by atoms with E-state index in [4.69, 9.17) is 5.73 Å². The van der Waals surface area contributed by atoms with Crippen molar-refractivity contribution in [2.45, 2.75) is 6.42 Å². The highest BCUT2D eigenvalue weighted by molar-refractivity contribution is 9.10. The summed E-state index contributed by atoms with van der Waals surface area (Å²) in [6, 6.07) is 13.4. The van der Waals surface area contributed by atoms with Crippen molar-refractivity contribution in [2.75, 3.05) is 17.2 Å². The molecule has 1 aliphatic rings. The summed E-state index contributed by atoms with van der Waals surface area (Å²) in [6.07, 6.45) is 0.835. The first-order valence-electron chi connectivity index (χ1n) is 6.11. The predicted octanol–water partition coefficient (Wildman–Crippen LogP) is 3.23. The van der Waals surface area contributed by atoms with Crippen molar-refractivity contribution in [3.63, 3.8) is 0 Å². The number of amides is 1. The maximum atomic E-state index is 12.6. The lowest BCUT2D eigenvalue weighted by atomic mass is 9.97. The van der Waals surface area contributed by atoms with E-state index in [0.29, 0.717) is 17.8 Å². The molecule has 0 saturated carbocycles. The summed E-state index contributed by atoms with van der Waals surface area (Å²) in [5, 5.41) is 0. The van der Waals surface area contributed by atoms with Crippen molar-refractivity contribution in [2.24, 2.45) is 0 Å². The molecule has 1 heterocycles. The van der Waals surface area contributed by atoms with E-state index < -0.39 is 0 Å². The van der Waals surface area contributed by atoms with Crippen LogP contribution in [0.25, 0.3) is 0 Å². The van der Waals surface area contributed by atoms with Crippen molar-refractivity contribution in [3.8, 4) is 0 Å². The van der Waals surface area contributed by atoms with Crippen LogP contribution in [0.1, 0.15) is 15.9 Å². The van der Waals surface area contributed by atoms with Crippen LogP contribution in [-0.2, 0) is 6.42 Å². The number of halogens is 1. The first-order valence-corrected chi connectivity index (χ1v) is 6.91. The van der Waals surface area contributed by atoms with Gasteiger partial charge in [-0.05, 0) is 42.3 Å². The molecule has 1 amide bonds. The predicted molar refractivity (Wildman–Crippen MR) is 80.4 cm³/mol. The zero-order chi connectivity index (χ0) is 13.4. The Balaban J connectivity index is 2.02. The number of hydrogen-bond donors (Lipinski definition) is 1. The maximum absolute atomic E-state index is 12.6. The molecule has 3 rings (SSSR count). The molecule has 2 N–H and O–H groups in total. The molecular formula is C15H13BrN2O. The minimum absolute atomic E-state index is 0.0123. The highest BCUT2D eigenvalue weighted by atomic mass is 79.9. The quantitative estimate of drug-likeness (QED) is 0.821. The number of anilines is 2. The van der Waals surface area contributed by atoms with Crippen LogP contribution < -0.4 is 10.6 Å². The third-order valence-electron chi connectivity index (χ3n) is 3.39. The molecule has 19 heavy (non-hydrogen) atoms. The van der Waals surface area contributed by atoms with Gasteiger partial charge in [-0.1, -0.05) is 28.1 Å². The smallest absolute Gasteiger partial charge is 0.260 e. The summed E-state index contributed by atoms with van der Waals surface area (Å²) in [7, 11) is 0. The van der Waals surface area contributed by atoms with Gasteiger partial charge in [-0.3, -0.25) is 4.79 Å². The van der Waals surface area contributed by atoms with Gasteiger partial charge in [0.05, 0.1) is 5.56 Å². The standard InChI is InChI=1S/C15H13BrN2O/c16-11-4-6-12(7-5-11)18-9-8-10-2-1-3-13(17)14(10)15(18)19/h1-7H,8-9,17H2. The van der Waals surface area contributed by atoms with E-state index in [1.54, 1.807) is 11.0 Å². The summed E-state index contributed by atoms with van der Waals surface area (Å²) >= 11 is 3.40. The van der Waals surface area contributed by atoms with E-state index in [1.165, 1.54) is 0 Å². The Morgan fingerprint density at radius 2 is 1.84 bits per heavy atom. The molecule has 0 unspecified atom stereocenters. The zero-order valence-electron chi connectivity index (χ0n) is 10.3. The maximum Gasteiger partial charge on any atom is 0.260 e. The van der Waals surface area contributed by atoms with Gasteiger partial charge in [-0.15, -0.1) is 0 Å². The summed E-state index contributed by atoms with van der Waals surface area (Å²) < 4.78 is 1.00. The fourth-order valence-corrected chi connectivity index (χ4v) is 2.69. The first kappa shape index (κ1) is 12.2. The number of fused-ring (bicyclic) bond motifs is 1. The van der Waals surface area contributed by atoms with Gasteiger partial charge in [0.2, 0.25) is 0 Å². The second-order valence-electron chi connectivity index (χ2n) is 4.56. The molecule has 2 aromatic rings. The zero-order valence-corrected chi connectivity index (χ0v) is 11.9. The molecule has 2 aromatic carbocycles. The van der Waals surface area contributed by atoms with E-state index in [1.807, 2.05) is 36.4 Å². The largest absolute Gasteiger partial charge is 0.398 e. The molecule has 96 valence electrons. The third kappa shape index (κ3) is 2.12. The SMILES string of the molecule is Nc1cccc2c1C(=O)N(c1ccc(Br)cc1)CC2. The molecule has 0 fully saturated rings. The van der Waals surface area contributed by atoms with Crippen LogP contribution in [0.15, 0.2) is 46.9 Å². The Morgan fingerprint density at radius 3 is 2.58 bits per heavy atom. The van der Waals surface area contributed by atoms with Gasteiger partial charge in [0.1, 0.15) is 0 Å². The number of nitrogens with zero attached hydrogens (tertiary/aromatic N) is 1. The van der Waals surface area contributed by atoms with E-state index in [-0.39, 0.29) is 5.91 Å². The van der Waals surface area contributed by atoms with Crippen LogP contribution >= 0.6 is 15.9 Å². The van der Waals surface area contributed by atoms with E-state index in [9.17, 15) is 4.79 Å². The van der Waals surface area contributed by atoms with Gasteiger partial charge in [0.15, 0.2) is 0 Å². The molecule has 4 heteroatoms. The highest BCUT2D eigenvalue weighted by Gasteiger charge is 2.26. The monoisotopic (exact) mass is 316 g/mol. The molecule has 1 aliphatic heterocycles. The Bertz CT molecular complexity index is 637. The molecule has 0 atom stereocenters. The molecule has 0 spiro atoms. The van der Waals surface area contributed by atoms with Crippen molar-refractivity contribution in [3.05, 3.63) is 58.1 Å². The fourth-order valence-electron chi connectivity index (χ4n) is 2.43. The lowest BCUT2D eigenvalue weighted by molar-refractivity contribution is 0.0981. The summed E-state index contributed by atoms with van der Waals surface area (Å²) in [5.74, 6) is -0.0123. The molecule has 0 bridgehead atoms. The summed E-state index contributed by atoms with van der Waals surface area (Å²) in [5.41, 5.74) is 9.10. The van der Waals surface area contributed by atoms with Crippen LogP contribution in [0.5, 0.6) is 0 Å². The second-order valence-corrected chi connectivity index (χ2v) is 5.48. The number of rotatable bonds is 1. The molecule has 0 aromatic heterocycles. The number of nitrogens with two attached hydrogens (primary N) is 1. The highest BCUT2D eigenvalue weighted by Crippen LogP contribution is 2.28. The second kappa shape index (κ2) is 4.70. The minimum Gasteiger partial charge on any atom is -0.398 e. The topological polar surface area (TPSA) is 46.3 Å². The van der Waals surface area contributed by atoms with Gasteiger partial charge >= 0.3 is 0 Å². The van der Waals surface area contributed by atoms with E-state index >= 15 is 0 Å². The average Bonchev–Trinajstić information content (AvgIpc) is 2.40. The van der Waals surface area contributed by atoms with Gasteiger partial charge in [-0.25, -0.2) is 0 Å². The van der Waals surface area contributed by atoms with Crippen molar-refractivity contribution < 1.29 is 4.79 Å². The average molecular weight is 317 g/mol. The minimum atomic E-state index is -0.0123. The van der Waals surface area contributed by atoms with Gasteiger partial charge in [0, 0.05) is 22.4 Å². The number of nitrogen functional groups attached to an aromatic ring is 1. The lowest BCUT2D eigenvalue weighted by Gasteiger charge is -2.29. The van der Waals surface area contributed by atoms with Crippen molar-refractivity contribution in [1.29, 1.82) is 0 Å².